The zero-order chi connectivity index (χ0) is 30.3. The van der Waals surface area contributed by atoms with E-state index in [-0.39, 0.29) is 5.75 Å². The van der Waals surface area contributed by atoms with E-state index in [0.29, 0.717) is 11.5 Å². The third-order valence-electron chi connectivity index (χ3n) is 7.97. The highest BCUT2D eigenvalue weighted by Gasteiger charge is 2.21. The Bertz CT molecular complexity index is 2100. The summed E-state index contributed by atoms with van der Waals surface area (Å²) in [4.78, 5) is 14.6. The molecule has 0 aliphatic rings. The molecule has 6 heteroatoms. The van der Waals surface area contributed by atoms with Crippen molar-refractivity contribution in [1.82, 2.24) is 19.5 Å². The lowest BCUT2D eigenvalue weighted by molar-refractivity contribution is 0.474. The van der Waals surface area contributed by atoms with Crippen LogP contribution in [0.1, 0.15) is 0 Å². The fraction of sp³-hybridized carbons (Fsp3) is 0.0789. The number of aromatic nitrogens is 4. The molecule has 5 nitrogen and oxygen atoms in total. The smallest absolute Gasteiger partial charge is 0.168 e. The summed E-state index contributed by atoms with van der Waals surface area (Å²) in [5.74, 6) is 0.669. The van der Waals surface area contributed by atoms with Gasteiger partial charge >= 0.3 is 0 Å². The van der Waals surface area contributed by atoms with E-state index in [1.54, 1.807) is 18.3 Å². The van der Waals surface area contributed by atoms with Gasteiger partial charge in [0.1, 0.15) is 11.4 Å². The van der Waals surface area contributed by atoms with Gasteiger partial charge in [-0.3, -0.25) is 9.55 Å². The molecule has 0 amide bonds. The third-order valence-corrected chi connectivity index (χ3v) is 10.0. The summed E-state index contributed by atoms with van der Waals surface area (Å²) in [5, 5.41) is 12.2. The zero-order valence-electron chi connectivity index (χ0n) is 24.9. The van der Waals surface area contributed by atoms with E-state index < -0.39 is 8.07 Å². The van der Waals surface area contributed by atoms with Gasteiger partial charge in [-0.25, -0.2) is 9.97 Å². The van der Waals surface area contributed by atoms with Gasteiger partial charge in [-0.05, 0) is 76.5 Å². The largest absolute Gasteiger partial charge is 0.506 e. The summed E-state index contributed by atoms with van der Waals surface area (Å²) in [7, 11) is -1.47. The van der Waals surface area contributed by atoms with E-state index in [0.717, 1.165) is 50.2 Å². The Labute approximate surface area is 258 Å². The Kier molecular flexibility index (Phi) is 6.91. The Morgan fingerprint density at radius 1 is 0.636 bits per heavy atom. The molecule has 0 radical (unpaired) electrons. The Balaban J connectivity index is 1.48. The third kappa shape index (κ3) is 5.10. The number of pyridine rings is 2. The number of nitrogens with zero attached hydrogens (tertiary/aromatic N) is 4. The predicted molar refractivity (Wildman–Crippen MR) is 183 cm³/mol. The van der Waals surface area contributed by atoms with Crippen molar-refractivity contribution in [2.24, 2.45) is 0 Å². The second kappa shape index (κ2) is 11.1. The molecule has 0 atom stereocenters. The molecular weight excluding hydrogens is 557 g/mol. The number of fused-ring (bicyclic) bond motifs is 1. The molecule has 0 saturated carbocycles. The molecule has 0 fully saturated rings. The summed E-state index contributed by atoms with van der Waals surface area (Å²) in [6.45, 7) is 7.02. The molecule has 0 aliphatic carbocycles. The summed E-state index contributed by atoms with van der Waals surface area (Å²) in [6, 6.07) is 41.2. The van der Waals surface area contributed by atoms with Crippen molar-refractivity contribution < 1.29 is 5.11 Å². The van der Waals surface area contributed by atoms with Gasteiger partial charge in [-0.2, -0.15) is 0 Å². The first kappa shape index (κ1) is 27.5. The lowest BCUT2D eigenvalue weighted by Gasteiger charge is -2.16. The van der Waals surface area contributed by atoms with Crippen LogP contribution in [0, 0.1) is 0 Å². The molecule has 214 valence electrons. The lowest BCUT2D eigenvalue weighted by Crippen LogP contribution is -2.37. The van der Waals surface area contributed by atoms with Crippen LogP contribution < -0.4 is 5.19 Å². The molecule has 1 N–H and O–H groups in total. The molecule has 0 saturated heterocycles. The minimum Gasteiger partial charge on any atom is -0.506 e. The minimum atomic E-state index is -1.47. The van der Waals surface area contributed by atoms with E-state index in [1.165, 1.54) is 5.19 Å². The number of benzene rings is 4. The molecule has 7 rings (SSSR count). The van der Waals surface area contributed by atoms with Gasteiger partial charge in [0.2, 0.25) is 0 Å². The van der Waals surface area contributed by atoms with Gasteiger partial charge in [-0.15, -0.1) is 0 Å². The molecule has 7 aromatic rings. The number of hydrogen-bond donors (Lipinski definition) is 1. The summed E-state index contributed by atoms with van der Waals surface area (Å²) >= 11 is 0. The van der Waals surface area contributed by atoms with Crippen molar-refractivity contribution in [2.75, 3.05) is 0 Å². The van der Waals surface area contributed by atoms with Crippen LogP contribution in [0.3, 0.4) is 0 Å². The number of para-hydroxylation sites is 2. The van der Waals surface area contributed by atoms with E-state index in [4.69, 9.17) is 9.97 Å². The molecule has 3 aromatic heterocycles. The normalized spacial score (nSPS) is 11.6. The van der Waals surface area contributed by atoms with Crippen molar-refractivity contribution in [3.05, 3.63) is 134 Å². The fourth-order valence-corrected chi connectivity index (χ4v) is 6.67. The molecule has 3 heterocycles. The number of rotatable bonds is 6. The summed E-state index contributed by atoms with van der Waals surface area (Å²) in [5.41, 5.74) is 9.39. The highest BCUT2D eigenvalue weighted by atomic mass is 28.3. The molecule has 4 aromatic carbocycles. The van der Waals surface area contributed by atoms with Crippen molar-refractivity contribution in [3.63, 3.8) is 0 Å². The summed E-state index contributed by atoms with van der Waals surface area (Å²) < 4.78 is 2.07. The second-order valence-corrected chi connectivity index (χ2v) is 17.1. The quantitative estimate of drug-likeness (QED) is 0.197. The molecule has 0 unspecified atom stereocenters. The van der Waals surface area contributed by atoms with Crippen LogP contribution >= 0.6 is 0 Å². The van der Waals surface area contributed by atoms with Crippen LogP contribution in [0.15, 0.2) is 134 Å². The van der Waals surface area contributed by atoms with E-state index in [2.05, 4.69) is 102 Å². The average molecular weight is 589 g/mol. The Morgan fingerprint density at radius 3 is 2.07 bits per heavy atom. The molecule has 0 spiro atoms. The van der Waals surface area contributed by atoms with Crippen molar-refractivity contribution >= 4 is 24.3 Å². The van der Waals surface area contributed by atoms with E-state index >= 15 is 0 Å². The zero-order valence-corrected chi connectivity index (χ0v) is 25.9. The van der Waals surface area contributed by atoms with Crippen LogP contribution in [-0.2, 0) is 0 Å². The maximum Gasteiger partial charge on any atom is 0.168 e. The first-order chi connectivity index (χ1) is 21.4. The molecule has 0 bridgehead atoms. The van der Waals surface area contributed by atoms with Crippen LogP contribution in [0.2, 0.25) is 19.6 Å². The fourth-order valence-electron chi connectivity index (χ4n) is 5.64. The summed E-state index contributed by atoms with van der Waals surface area (Å²) in [6.07, 6.45) is 3.73. The Morgan fingerprint density at radius 2 is 1.36 bits per heavy atom. The van der Waals surface area contributed by atoms with Crippen molar-refractivity contribution in [1.29, 1.82) is 0 Å². The highest BCUT2D eigenvalue weighted by Crippen LogP contribution is 2.38. The lowest BCUT2D eigenvalue weighted by atomic mass is 9.94. The van der Waals surface area contributed by atoms with Gasteiger partial charge in [-0.1, -0.05) is 86.4 Å². The number of hydrogen-bond acceptors (Lipinski definition) is 4. The first-order valence-electron chi connectivity index (χ1n) is 14.8. The van der Waals surface area contributed by atoms with E-state index in [1.807, 2.05) is 42.6 Å². The highest BCUT2D eigenvalue weighted by molar-refractivity contribution is 6.88. The van der Waals surface area contributed by atoms with Gasteiger partial charge in [0.25, 0.3) is 0 Å². The van der Waals surface area contributed by atoms with Crippen LogP contribution in [-0.4, -0.2) is 32.7 Å². The van der Waals surface area contributed by atoms with Crippen molar-refractivity contribution in [2.45, 2.75) is 19.6 Å². The number of imidazole rings is 1. The maximum atomic E-state index is 10.8. The number of aromatic hydroxyl groups is 1. The topological polar surface area (TPSA) is 63.8 Å². The van der Waals surface area contributed by atoms with Gasteiger partial charge in [0.15, 0.2) is 5.82 Å². The Hall–Kier alpha value is -5.33. The average Bonchev–Trinajstić information content (AvgIpc) is 3.45. The maximum absolute atomic E-state index is 10.8. The molecular formula is C38H32N4OSi. The van der Waals surface area contributed by atoms with Crippen LogP contribution in [0.25, 0.3) is 61.8 Å². The molecule has 44 heavy (non-hydrogen) atoms. The van der Waals surface area contributed by atoms with Gasteiger partial charge in [0.05, 0.1) is 24.8 Å². The second-order valence-electron chi connectivity index (χ2n) is 12.0. The monoisotopic (exact) mass is 588 g/mol. The SMILES string of the molecule is C[Si](C)(C)c1ccc(-c2cc(-c3ccccc3)cc(-c3cccc4c3nc(-c3ncccc3O)n4-c3ccccc3)c2)nc1. The van der Waals surface area contributed by atoms with E-state index in [9.17, 15) is 5.11 Å². The van der Waals surface area contributed by atoms with Crippen LogP contribution in [0.4, 0.5) is 0 Å². The molecule has 0 aliphatic heterocycles. The standard InChI is InChI=1S/C38H32N4OSi/c1-44(2,3)31-19-20-33(40-25-31)29-23-27(26-12-6-4-7-13-26)22-28(24-29)32-16-10-17-34-36(32)41-38(37-35(43)18-11-21-39-37)42(34)30-14-8-5-9-15-30/h4-25,43H,1-3H3. The van der Waals surface area contributed by atoms with Crippen molar-refractivity contribution in [3.8, 4) is 56.5 Å². The predicted octanol–water partition coefficient (Wildman–Crippen LogP) is 8.73. The van der Waals surface area contributed by atoms with Gasteiger partial charge in [0, 0.05) is 29.2 Å². The minimum absolute atomic E-state index is 0.0859. The first-order valence-corrected chi connectivity index (χ1v) is 18.3. The van der Waals surface area contributed by atoms with Crippen LogP contribution in [0.5, 0.6) is 5.75 Å². The van der Waals surface area contributed by atoms with Gasteiger partial charge < -0.3 is 5.11 Å².